The maximum atomic E-state index is 12.0. The van der Waals surface area contributed by atoms with Gasteiger partial charge >= 0.3 is 5.69 Å². The van der Waals surface area contributed by atoms with Crippen LogP contribution < -0.4 is 27.3 Å². The van der Waals surface area contributed by atoms with E-state index < -0.39 is 17.1 Å². The minimum atomic E-state index is -0.821. The molecule has 0 saturated heterocycles. The molecule has 0 spiro atoms. The Morgan fingerprint density at radius 2 is 1.66 bits per heavy atom. The summed E-state index contributed by atoms with van der Waals surface area (Å²) in [5.74, 6) is -0.270. The van der Waals surface area contributed by atoms with Crippen molar-refractivity contribution in [3.8, 4) is 17.3 Å². The Labute approximate surface area is 170 Å². The van der Waals surface area contributed by atoms with Gasteiger partial charge in [0.1, 0.15) is 0 Å². The Kier molecular flexibility index (Phi) is 4.57. The topological polar surface area (TPSA) is 149 Å². The van der Waals surface area contributed by atoms with E-state index in [1.807, 2.05) is 4.98 Å². The quantitative estimate of drug-likeness (QED) is 0.446. The fourth-order valence-electron chi connectivity index (χ4n) is 2.62. The van der Waals surface area contributed by atoms with Crippen molar-refractivity contribution in [2.24, 2.45) is 0 Å². The van der Waals surface area contributed by atoms with E-state index in [0.717, 1.165) is 4.68 Å². The van der Waals surface area contributed by atoms with Gasteiger partial charge in [-0.25, -0.2) is 9.89 Å². The van der Waals surface area contributed by atoms with Crippen LogP contribution in [0.2, 0.25) is 10.0 Å². The van der Waals surface area contributed by atoms with Crippen molar-refractivity contribution < 1.29 is 4.74 Å². The average molecular weight is 433 g/mol. The van der Waals surface area contributed by atoms with Crippen LogP contribution in [0.25, 0.3) is 16.5 Å². The van der Waals surface area contributed by atoms with Gasteiger partial charge in [0.2, 0.25) is 11.7 Å². The number of nitrogen functional groups attached to an aromatic ring is 1. The van der Waals surface area contributed by atoms with Crippen molar-refractivity contribution in [2.75, 3.05) is 5.73 Å². The Hall–Kier alpha value is -3.63. The standard InChI is InChI=1S/C17H10Cl2N6O4/c18-10-5-7(25-17(28)21-15(27)13(20)24-25)6-11(19)12(10)29-16-9-4-2-1-3-8(9)14(26)22-23-16/h1-6H,(H2,20,24)(H,22,26)(H,21,27,28). The predicted molar refractivity (Wildman–Crippen MR) is 107 cm³/mol. The summed E-state index contributed by atoms with van der Waals surface area (Å²) in [6.45, 7) is 0. The zero-order valence-electron chi connectivity index (χ0n) is 14.3. The van der Waals surface area contributed by atoms with Crippen LogP contribution in [0.5, 0.6) is 11.6 Å². The lowest BCUT2D eigenvalue weighted by Gasteiger charge is -2.12. The summed E-state index contributed by atoms with van der Waals surface area (Å²) in [4.78, 5) is 37.3. The van der Waals surface area contributed by atoms with Gasteiger partial charge in [-0.1, -0.05) is 35.3 Å². The Balaban J connectivity index is 1.81. The second-order valence-corrected chi connectivity index (χ2v) is 6.61. The molecule has 0 aliphatic rings. The van der Waals surface area contributed by atoms with E-state index in [-0.39, 0.29) is 32.9 Å². The summed E-state index contributed by atoms with van der Waals surface area (Å²) in [5.41, 5.74) is 3.61. The number of fused-ring (bicyclic) bond motifs is 1. The largest absolute Gasteiger partial charge is 0.434 e. The molecule has 29 heavy (non-hydrogen) atoms. The summed E-state index contributed by atoms with van der Waals surface area (Å²) in [6.07, 6.45) is 0. The van der Waals surface area contributed by atoms with Gasteiger partial charge in [0.25, 0.3) is 11.1 Å². The van der Waals surface area contributed by atoms with E-state index in [4.69, 9.17) is 33.7 Å². The number of aromatic amines is 2. The molecular weight excluding hydrogens is 423 g/mol. The van der Waals surface area contributed by atoms with Crippen LogP contribution in [0, 0.1) is 0 Å². The van der Waals surface area contributed by atoms with E-state index >= 15 is 0 Å². The first kappa shape index (κ1) is 18.7. The van der Waals surface area contributed by atoms with Crippen LogP contribution in [0.15, 0.2) is 50.8 Å². The van der Waals surface area contributed by atoms with Gasteiger partial charge in [0.05, 0.1) is 26.5 Å². The van der Waals surface area contributed by atoms with E-state index in [2.05, 4.69) is 15.3 Å². The number of nitrogens with zero attached hydrogens (tertiary/aromatic N) is 3. The van der Waals surface area contributed by atoms with Crippen molar-refractivity contribution in [1.29, 1.82) is 0 Å². The fraction of sp³-hybridized carbons (Fsp3) is 0. The molecule has 0 unspecified atom stereocenters. The third-order valence-electron chi connectivity index (χ3n) is 3.94. The highest BCUT2D eigenvalue weighted by atomic mass is 35.5. The number of hydrogen-bond acceptors (Lipinski definition) is 7. The Morgan fingerprint density at radius 3 is 2.34 bits per heavy atom. The first-order valence-electron chi connectivity index (χ1n) is 7.99. The summed E-state index contributed by atoms with van der Waals surface area (Å²) in [5, 5.41) is 10.8. The molecule has 0 bridgehead atoms. The molecule has 12 heteroatoms. The minimum Gasteiger partial charge on any atom is -0.434 e. The molecule has 4 N–H and O–H groups in total. The van der Waals surface area contributed by atoms with Gasteiger partial charge < -0.3 is 10.5 Å². The lowest BCUT2D eigenvalue weighted by Crippen LogP contribution is -2.33. The smallest absolute Gasteiger partial charge is 0.349 e. The van der Waals surface area contributed by atoms with E-state index in [0.29, 0.717) is 10.8 Å². The second kappa shape index (κ2) is 7.08. The van der Waals surface area contributed by atoms with E-state index in [1.54, 1.807) is 24.3 Å². The van der Waals surface area contributed by atoms with E-state index in [9.17, 15) is 14.4 Å². The molecule has 0 aliphatic heterocycles. The summed E-state index contributed by atoms with van der Waals surface area (Å²) < 4.78 is 6.58. The molecule has 0 amide bonds. The highest BCUT2D eigenvalue weighted by Gasteiger charge is 2.16. The van der Waals surface area contributed by atoms with Crippen molar-refractivity contribution in [3.63, 3.8) is 0 Å². The first-order valence-corrected chi connectivity index (χ1v) is 8.74. The third-order valence-corrected chi connectivity index (χ3v) is 4.50. The molecule has 0 atom stereocenters. The molecule has 0 saturated carbocycles. The maximum Gasteiger partial charge on any atom is 0.349 e. The molecule has 10 nitrogen and oxygen atoms in total. The van der Waals surface area contributed by atoms with Crippen molar-refractivity contribution in [1.82, 2.24) is 25.0 Å². The Bertz CT molecular complexity index is 1420. The highest BCUT2D eigenvalue weighted by Crippen LogP contribution is 2.38. The molecule has 0 fully saturated rings. The number of anilines is 1. The number of rotatable bonds is 3. The van der Waals surface area contributed by atoms with E-state index in [1.165, 1.54) is 12.1 Å². The molecular formula is C17H10Cl2N6O4. The van der Waals surface area contributed by atoms with Crippen LogP contribution >= 0.6 is 23.2 Å². The molecule has 2 heterocycles. The van der Waals surface area contributed by atoms with Gasteiger partial charge in [0.15, 0.2) is 5.75 Å². The number of ether oxygens (including phenoxy) is 1. The van der Waals surface area contributed by atoms with Crippen molar-refractivity contribution in [3.05, 3.63) is 77.6 Å². The number of nitrogens with one attached hydrogen (secondary N) is 2. The number of halogens is 2. The van der Waals surface area contributed by atoms with Crippen LogP contribution in [0.3, 0.4) is 0 Å². The lowest BCUT2D eigenvalue weighted by molar-refractivity contribution is 0.461. The second-order valence-electron chi connectivity index (χ2n) is 5.80. The summed E-state index contributed by atoms with van der Waals surface area (Å²) in [6, 6.07) is 9.41. The zero-order chi connectivity index (χ0) is 20.7. The van der Waals surface area contributed by atoms with Crippen LogP contribution in [-0.2, 0) is 0 Å². The lowest BCUT2D eigenvalue weighted by atomic mass is 10.2. The SMILES string of the molecule is Nc1nn(-c2cc(Cl)c(Oc3n[nH]c(=O)c4ccccc34)c(Cl)c2)c(=O)[nH]c1=O. The van der Waals surface area contributed by atoms with Crippen molar-refractivity contribution in [2.45, 2.75) is 0 Å². The van der Waals surface area contributed by atoms with Crippen LogP contribution in [-0.4, -0.2) is 25.0 Å². The van der Waals surface area contributed by atoms with Gasteiger partial charge in [-0.05, 0) is 24.3 Å². The minimum absolute atomic E-state index is 0.0306. The summed E-state index contributed by atoms with van der Waals surface area (Å²) in [7, 11) is 0. The molecule has 0 radical (unpaired) electrons. The first-order chi connectivity index (χ1) is 13.8. The predicted octanol–water partition coefficient (Wildman–Crippen LogP) is 1.84. The number of benzene rings is 2. The van der Waals surface area contributed by atoms with Crippen LogP contribution in [0.1, 0.15) is 0 Å². The number of aromatic nitrogens is 5. The normalized spacial score (nSPS) is 11.0. The molecule has 4 rings (SSSR count). The van der Waals surface area contributed by atoms with Gasteiger partial charge in [0, 0.05) is 0 Å². The maximum absolute atomic E-state index is 12.0. The molecule has 4 aromatic rings. The molecule has 2 aromatic heterocycles. The number of hydrogen-bond donors (Lipinski definition) is 3. The summed E-state index contributed by atoms with van der Waals surface area (Å²) >= 11 is 12.6. The monoisotopic (exact) mass is 432 g/mol. The molecule has 146 valence electrons. The van der Waals surface area contributed by atoms with Crippen LogP contribution in [0.4, 0.5) is 5.82 Å². The highest BCUT2D eigenvalue weighted by molar-refractivity contribution is 6.37. The molecule has 2 aromatic carbocycles. The number of nitrogens with two attached hydrogens (primary N) is 1. The Morgan fingerprint density at radius 1 is 1.00 bits per heavy atom. The zero-order valence-corrected chi connectivity index (χ0v) is 15.8. The fourth-order valence-corrected chi connectivity index (χ4v) is 3.17. The van der Waals surface area contributed by atoms with Gasteiger partial charge in [-0.15, -0.1) is 10.2 Å². The van der Waals surface area contributed by atoms with Gasteiger partial charge in [-0.3, -0.25) is 14.6 Å². The number of H-pyrrole nitrogens is 2. The molecule has 0 aliphatic carbocycles. The average Bonchev–Trinajstić information content (AvgIpc) is 2.69. The third kappa shape index (κ3) is 3.35. The van der Waals surface area contributed by atoms with Crippen molar-refractivity contribution >= 4 is 39.8 Å². The van der Waals surface area contributed by atoms with Gasteiger partial charge in [-0.2, -0.15) is 4.68 Å².